The van der Waals surface area contributed by atoms with Gasteiger partial charge in [-0.1, -0.05) is 0 Å². The summed E-state index contributed by atoms with van der Waals surface area (Å²) in [6.07, 6.45) is -6.78. The van der Waals surface area contributed by atoms with Gasteiger partial charge in [0, 0.05) is 18.3 Å². The molecule has 8 heteroatoms. The Balaban J connectivity index is 3.15. The fraction of sp³-hybridized carbons (Fsp3) is 0.545. The summed E-state index contributed by atoms with van der Waals surface area (Å²) in [5, 5.41) is 22.1. The molecular formula is C11H15F3N2O3. The van der Waals surface area contributed by atoms with Crippen molar-refractivity contribution >= 4 is 0 Å². The molecule has 0 spiro atoms. The number of nitrogens with zero attached hydrogens (tertiary/aromatic N) is 1. The van der Waals surface area contributed by atoms with Gasteiger partial charge in [-0.3, -0.25) is 0 Å². The first-order valence-electron chi connectivity index (χ1n) is 5.43. The molecule has 0 amide bonds. The summed E-state index contributed by atoms with van der Waals surface area (Å²) >= 11 is 0. The SMILES string of the molecule is CNCC(O)C(O)c1cc(C(F)(F)F)cnc1OC. The Labute approximate surface area is 108 Å². The minimum absolute atomic E-state index is 0.0145. The van der Waals surface area contributed by atoms with Gasteiger partial charge < -0.3 is 20.3 Å². The molecule has 0 aromatic carbocycles. The van der Waals surface area contributed by atoms with E-state index >= 15 is 0 Å². The quantitative estimate of drug-likeness (QED) is 0.741. The number of halogens is 3. The fourth-order valence-corrected chi connectivity index (χ4v) is 1.53. The number of alkyl halides is 3. The third-order valence-corrected chi connectivity index (χ3v) is 2.50. The van der Waals surface area contributed by atoms with Crippen molar-refractivity contribution in [1.29, 1.82) is 0 Å². The van der Waals surface area contributed by atoms with Crippen LogP contribution in [0.2, 0.25) is 0 Å². The first kappa shape index (κ1) is 15.7. The van der Waals surface area contributed by atoms with E-state index in [-0.39, 0.29) is 18.0 Å². The van der Waals surface area contributed by atoms with Crippen molar-refractivity contribution in [2.45, 2.75) is 18.4 Å². The molecule has 1 aromatic heterocycles. The number of likely N-dealkylation sites (N-methyl/N-ethyl adjacent to an activating group) is 1. The van der Waals surface area contributed by atoms with Gasteiger partial charge in [0.25, 0.3) is 0 Å². The lowest BCUT2D eigenvalue weighted by Gasteiger charge is -2.20. The Bertz CT molecular complexity index is 426. The van der Waals surface area contributed by atoms with E-state index in [1.165, 1.54) is 14.2 Å². The van der Waals surface area contributed by atoms with Crippen LogP contribution in [0.15, 0.2) is 12.3 Å². The lowest BCUT2D eigenvalue weighted by Crippen LogP contribution is -2.30. The first-order valence-corrected chi connectivity index (χ1v) is 5.43. The van der Waals surface area contributed by atoms with Crippen LogP contribution >= 0.6 is 0 Å². The molecule has 0 bridgehead atoms. The van der Waals surface area contributed by atoms with E-state index in [9.17, 15) is 23.4 Å². The van der Waals surface area contributed by atoms with Gasteiger partial charge in [-0.05, 0) is 13.1 Å². The number of aromatic nitrogens is 1. The second kappa shape index (κ2) is 6.18. The second-order valence-electron chi connectivity index (χ2n) is 3.89. The van der Waals surface area contributed by atoms with Crippen LogP contribution < -0.4 is 10.1 Å². The van der Waals surface area contributed by atoms with Crippen molar-refractivity contribution in [3.63, 3.8) is 0 Å². The molecule has 0 aliphatic heterocycles. The van der Waals surface area contributed by atoms with Gasteiger partial charge in [0.15, 0.2) is 0 Å². The highest BCUT2D eigenvalue weighted by molar-refractivity contribution is 5.33. The van der Waals surface area contributed by atoms with E-state index in [2.05, 4.69) is 10.3 Å². The van der Waals surface area contributed by atoms with E-state index in [1.54, 1.807) is 0 Å². The number of hydrogen-bond donors (Lipinski definition) is 3. The molecule has 0 saturated heterocycles. The number of aliphatic hydroxyl groups excluding tert-OH is 2. The van der Waals surface area contributed by atoms with Crippen molar-refractivity contribution in [1.82, 2.24) is 10.3 Å². The van der Waals surface area contributed by atoms with Crippen LogP contribution in [0.3, 0.4) is 0 Å². The summed E-state index contributed by atoms with van der Waals surface area (Å²) in [5.41, 5.74) is -1.22. The Kier molecular flexibility index (Phi) is 5.10. The zero-order valence-corrected chi connectivity index (χ0v) is 10.4. The van der Waals surface area contributed by atoms with E-state index in [0.717, 1.165) is 6.07 Å². The van der Waals surface area contributed by atoms with Crippen LogP contribution in [-0.2, 0) is 6.18 Å². The molecule has 0 fully saturated rings. The van der Waals surface area contributed by atoms with E-state index < -0.39 is 23.9 Å². The highest BCUT2D eigenvalue weighted by Crippen LogP contribution is 2.34. The van der Waals surface area contributed by atoms with Crippen molar-refractivity contribution in [3.05, 3.63) is 23.4 Å². The number of methoxy groups -OCH3 is 1. The smallest absolute Gasteiger partial charge is 0.417 e. The van der Waals surface area contributed by atoms with Crippen LogP contribution in [0.25, 0.3) is 0 Å². The average Bonchev–Trinajstić information content (AvgIpc) is 2.36. The van der Waals surface area contributed by atoms with Crippen LogP contribution in [-0.4, -0.2) is 42.0 Å². The molecule has 0 aliphatic carbocycles. The van der Waals surface area contributed by atoms with Crippen molar-refractivity contribution in [2.75, 3.05) is 20.7 Å². The molecule has 19 heavy (non-hydrogen) atoms. The Morgan fingerprint density at radius 3 is 2.53 bits per heavy atom. The van der Waals surface area contributed by atoms with Gasteiger partial charge in [0.05, 0.1) is 18.8 Å². The summed E-state index contributed by atoms with van der Waals surface area (Å²) in [7, 11) is 2.76. The van der Waals surface area contributed by atoms with Crippen LogP contribution in [0.5, 0.6) is 5.88 Å². The molecule has 2 atom stereocenters. The first-order chi connectivity index (χ1) is 8.81. The van der Waals surface area contributed by atoms with Gasteiger partial charge in [-0.25, -0.2) is 4.98 Å². The summed E-state index contributed by atoms with van der Waals surface area (Å²) in [6.45, 7) is 0.0145. The third kappa shape index (κ3) is 3.79. The number of nitrogens with one attached hydrogen (secondary N) is 1. The molecule has 2 unspecified atom stereocenters. The molecule has 108 valence electrons. The highest BCUT2D eigenvalue weighted by Gasteiger charge is 2.33. The predicted molar refractivity (Wildman–Crippen MR) is 60.7 cm³/mol. The van der Waals surface area contributed by atoms with Gasteiger partial charge in [-0.2, -0.15) is 13.2 Å². The minimum atomic E-state index is -4.58. The minimum Gasteiger partial charge on any atom is -0.481 e. The molecule has 1 heterocycles. The monoisotopic (exact) mass is 280 g/mol. The van der Waals surface area contributed by atoms with Gasteiger partial charge in [0.1, 0.15) is 6.10 Å². The van der Waals surface area contributed by atoms with E-state index in [1.807, 2.05) is 0 Å². The largest absolute Gasteiger partial charge is 0.481 e. The number of ether oxygens (including phenoxy) is 1. The van der Waals surface area contributed by atoms with Crippen LogP contribution in [0.4, 0.5) is 13.2 Å². The van der Waals surface area contributed by atoms with Crippen LogP contribution in [0, 0.1) is 0 Å². The number of aliphatic hydroxyl groups is 2. The van der Waals surface area contributed by atoms with Gasteiger partial charge in [-0.15, -0.1) is 0 Å². The van der Waals surface area contributed by atoms with Gasteiger partial charge in [0.2, 0.25) is 5.88 Å². The predicted octanol–water partition coefficient (Wildman–Crippen LogP) is 0.723. The maximum Gasteiger partial charge on any atom is 0.417 e. The maximum atomic E-state index is 12.6. The molecule has 1 aromatic rings. The average molecular weight is 280 g/mol. The molecule has 0 saturated carbocycles. The Morgan fingerprint density at radius 1 is 1.42 bits per heavy atom. The van der Waals surface area contributed by atoms with Crippen LogP contribution in [0.1, 0.15) is 17.2 Å². The normalized spacial score (nSPS) is 15.1. The zero-order valence-electron chi connectivity index (χ0n) is 10.4. The number of rotatable bonds is 5. The fourth-order valence-electron chi connectivity index (χ4n) is 1.53. The summed E-state index contributed by atoms with van der Waals surface area (Å²) in [6, 6.07) is 0.718. The number of hydrogen-bond acceptors (Lipinski definition) is 5. The third-order valence-electron chi connectivity index (χ3n) is 2.50. The summed E-state index contributed by atoms with van der Waals surface area (Å²) in [4.78, 5) is 3.49. The van der Waals surface area contributed by atoms with E-state index in [4.69, 9.17) is 4.74 Å². The topological polar surface area (TPSA) is 74.6 Å². The number of pyridine rings is 1. The molecular weight excluding hydrogens is 265 g/mol. The van der Waals surface area contributed by atoms with Gasteiger partial charge >= 0.3 is 6.18 Å². The van der Waals surface area contributed by atoms with E-state index in [0.29, 0.717) is 6.20 Å². The molecule has 5 nitrogen and oxygen atoms in total. The molecule has 0 radical (unpaired) electrons. The summed E-state index contributed by atoms with van der Waals surface area (Å²) in [5.74, 6) is -0.157. The zero-order chi connectivity index (χ0) is 14.6. The van der Waals surface area contributed by atoms with Crippen molar-refractivity contribution in [3.8, 4) is 5.88 Å². The van der Waals surface area contributed by atoms with Crippen molar-refractivity contribution < 1.29 is 28.1 Å². The maximum absolute atomic E-state index is 12.6. The van der Waals surface area contributed by atoms with Crippen molar-refractivity contribution in [2.24, 2.45) is 0 Å². The lowest BCUT2D eigenvalue weighted by atomic mass is 10.0. The Hall–Kier alpha value is -1.38. The standard InChI is InChI=1S/C11H15F3N2O3/c1-15-5-8(17)9(18)7-3-6(11(12,13)14)4-16-10(7)19-2/h3-4,8-9,15,17-18H,5H2,1-2H3. The highest BCUT2D eigenvalue weighted by atomic mass is 19.4. The molecule has 0 aliphatic rings. The second-order valence-corrected chi connectivity index (χ2v) is 3.89. The Morgan fingerprint density at radius 2 is 2.05 bits per heavy atom. The lowest BCUT2D eigenvalue weighted by molar-refractivity contribution is -0.138. The molecule has 3 N–H and O–H groups in total. The molecule has 1 rings (SSSR count). The summed E-state index contributed by atoms with van der Waals surface area (Å²) < 4.78 is 42.5.